The van der Waals surface area contributed by atoms with Crippen LogP contribution in [0.5, 0.6) is 0 Å². The zero-order valence-corrected chi connectivity index (χ0v) is 19.8. The van der Waals surface area contributed by atoms with Crippen molar-refractivity contribution in [2.24, 2.45) is 0 Å². The van der Waals surface area contributed by atoms with E-state index in [-0.39, 0.29) is 16.8 Å². The Morgan fingerprint density at radius 2 is 1.67 bits per heavy atom. The number of ether oxygens (including phenoxy) is 1. The van der Waals surface area contributed by atoms with Gasteiger partial charge in [-0.1, -0.05) is 36.4 Å². The average molecular weight is 473 g/mol. The zero-order valence-electron chi connectivity index (χ0n) is 19.0. The van der Waals surface area contributed by atoms with Gasteiger partial charge in [-0.05, 0) is 30.7 Å². The highest BCUT2D eigenvalue weighted by Crippen LogP contribution is 2.21. The maximum atomic E-state index is 12.9. The number of anilines is 1. The summed E-state index contributed by atoms with van der Waals surface area (Å²) < 4.78 is 32.5. The molecule has 178 valence electrons. The number of nitrogens with one attached hydrogen (secondary N) is 1. The lowest BCUT2D eigenvalue weighted by Gasteiger charge is -2.37. The topological polar surface area (TPSA) is 82.2 Å². The van der Waals surface area contributed by atoms with Crippen LogP contribution in [-0.2, 0) is 26.1 Å². The lowest BCUT2D eigenvalue weighted by molar-refractivity contribution is -0.121. The minimum atomic E-state index is -3.61. The van der Waals surface area contributed by atoms with Gasteiger partial charge in [0, 0.05) is 51.5 Å². The lowest BCUT2D eigenvalue weighted by Crippen LogP contribution is -2.52. The molecule has 0 aliphatic carbocycles. The summed E-state index contributed by atoms with van der Waals surface area (Å²) in [5.41, 5.74) is 1.78. The smallest absolute Gasteiger partial charge is 0.243 e. The summed E-state index contributed by atoms with van der Waals surface area (Å²) in [4.78, 5) is 17.7. The van der Waals surface area contributed by atoms with E-state index < -0.39 is 10.0 Å². The third kappa shape index (κ3) is 5.99. The second-order valence-electron chi connectivity index (χ2n) is 8.51. The van der Waals surface area contributed by atoms with E-state index in [1.165, 1.54) is 15.9 Å². The fourth-order valence-electron chi connectivity index (χ4n) is 4.23. The Bertz CT molecular complexity index is 1030. The van der Waals surface area contributed by atoms with Crippen LogP contribution in [0.15, 0.2) is 59.5 Å². The van der Waals surface area contributed by atoms with Gasteiger partial charge in [-0.25, -0.2) is 8.42 Å². The molecule has 2 aromatic rings. The molecule has 0 spiro atoms. The van der Waals surface area contributed by atoms with Crippen molar-refractivity contribution in [2.45, 2.75) is 24.4 Å². The van der Waals surface area contributed by atoms with Crippen molar-refractivity contribution < 1.29 is 17.9 Å². The molecular formula is C24H32N4O4S. The minimum Gasteiger partial charge on any atom is -0.379 e. The molecule has 33 heavy (non-hydrogen) atoms. The zero-order chi connectivity index (χ0) is 23.3. The van der Waals surface area contributed by atoms with Crippen LogP contribution in [0.1, 0.15) is 12.5 Å². The summed E-state index contributed by atoms with van der Waals surface area (Å²) in [6, 6.07) is 16.6. The molecule has 0 saturated carbocycles. The molecule has 9 heteroatoms. The van der Waals surface area contributed by atoms with Crippen molar-refractivity contribution >= 4 is 21.6 Å². The van der Waals surface area contributed by atoms with Crippen LogP contribution < -0.4 is 5.32 Å². The van der Waals surface area contributed by atoms with Crippen LogP contribution in [0.25, 0.3) is 0 Å². The second kappa shape index (κ2) is 10.8. The van der Waals surface area contributed by atoms with Gasteiger partial charge in [0.05, 0.1) is 24.2 Å². The maximum Gasteiger partial charge on any atom is 0.243 e. The Balaban J connectivity index is 1.32. The van der Waals surface area contributed by atoms with Gasteiger partial charge in [-0.2, -0.15) is 4.31 Å². The van der Waals surface area contributed by atoms with Gasteiger partial charge in [-0.3, -0.25) is 14.6 Å². The molecule has 1 amide bonds. The molecule has 8 nitrogen and oxygen atoms in total. The number of benzene rings is 2. The highest BCUT2D eigenvalue weighted by atomic mass is 32.2. The van der Waals surface area contributed by atoms with E-state index >= 15 is 0 Å². The predicted octanol–water partition coefficient (Wildman–Crippen LogP) is 1.85. The molecule has 0 unspecified atom stereocenters. The molecule has 2 saturated heterocycles. The molecule has 1 N–H and O–H groups in total. The number of carbonyl (C=O) groups excluding carboxylic acids is 1. The summed E-state index contributed by atoms with van der Waals surface area (Å²) in [5, 5.41) is 2.90. The molecule has 0 aromatic heterocycles. The Kier molecular flexibility index (Phi) is 7.77. The van der Waals surface area contributed by atoms with Crippen molar-refractivity contribution in [3.05, 3.63) is 60.2 Å². The van der Waals surface area contributed by atoms with Crippen LogP contribution >= 0.6 is 0 Å². The molecule has 2 fully saturated rings. The molecule has 4 rings (SSSR count). The number of amides is 1. The molecule has 0 bridgehead atoms. The summed E-state index contributed by atoms with van der Waals surface area (Å²) in [6.07, 6.45) is 0. The van der Waals surface area contributed by atoms with Crippen molar-refractivity contribution in [3.8, 4) is 0 Å². The van der Waals surface area contributed by atoms with Crippen molar-refractivity contribution in [2.75, 3.05) is 57.8 Å². The van der Waals surface area contributed by atoms with E-state index in [2.05, 4.69) is 39.4 Å². The number of nitrogens with zero attached hydrogens (tertiary/aromatic N) is 3. The largest absolute Gasteiger partial charge is 0.379 e. The fourth-order valence-corrected chi connectivity index (χ4v) is 5.69. The van der Waals surface area contributed by atoms with E-state index in [0.29, 0.717) is 32.0 Å². The van der Waals surface area contributed by atoms with Crippen LogP contribution in [0.4, 0.5) is 5.69 Å². The first-order valence-corrected chi connectivity index (χ1v) is 12.9. The Morgan fingerprint density at radius 1 is 0.970 bits per heavy atom. The summed E-state index contributed by atoms with van der Waals surface area (Å²) >= 11 is 0. The third-order valence-corrected chi connectivity index (χ3v) is 8.19. The molecule has 1 atom stereocenters. The van der Waals surface area contributed by atoms with Gasteiger partial charge in [0.2, 0.25) is 15.9 Å². The average Bonchev–Trinajstić information content (AvgIpc) is 2.85. The maximum absolute atomic E-state index is 12.9. The standard InChI is InChI=1S/C24H32N4O4S/c1-20(27-12-10-26(11-13-27)19-21-6-3-2-4-7-21)24(29)25-22-8-5-9-23(18-22)33(30,31)28-14-16-32-17-15-28/h2-9,18,20H,10-17,19H2,1H3,(H,25,29)/t20-/m0/s1. The van der Waals surface area contributed by atoms with Crippen LogP contribution in [-0.4, -0.2) is 87.0 Å². The Labute approximate surface area is 196 Å². The quantitative estimate of drug-likeness (QED) is 0.662. The summed E-state index contributed by atoms with van der Waals surface area (Å²) in [6.45, 7) is 7.71. The van der Waals surface area contributed by atoms with Gasteiger partial charge in [0.15, 0.2) is 0 Å². The van der Waals surface area contributed by atoms with Crippen LogP contribution in [0.2, 0.25) is 0 Å². The van der Waals surface area contributed by atoms with Crippen molar-refractivity contribution in [3.63, 3.8) is 0 Å². The number of carbonyl (C=O) groups is 1. The first-order chi connectivity index (χ1) is 15.9. The Morgan fingerprint density at radius 3 is 2.36 bits per heavy atom. The number of sulfonamides is 1. The van der Waals surface area contributed by atoms with Gasteiger partial charge in [0.1, 0.15) is 0 Å². The Hall–Kier alpha value is -2.30. The van der Waals surface area contributed by atoms with Gasteiger partial charge in [0.25, 0.3) is 0 Å². The lowest BCUT2D eigenvalue weighted by atomic mass is 10.1. The van der Waals surface area contributed by atoms with E-state index in [9.17, 15) is 13.2 Å². The van der Waals surface area contributed by atoms with Crippen molar-refractivity contribution in [1.29, 1.82) is 0 Å². The van der Waals surface area contributed by atoms with Gasteiger partial charge >= 0.3 is 0 Å². The van der Waals surface area contributed by atoms with E-state index in [4.69, 9.17) is 4.74 Å². The third-order valence-electron chi connectivity index (χ3n) is 6.29. The molecule has 2 heterocycles. The molecule has 2 aromatic carbocycles. The number of hydrogen-bond donors (Lipinski definition) is 1. The summed E-state index contributed by atoms with van der Waals surface area (Å²) in [5.74, 6) is -0.132. The van der Waals surface area contributed by atoms with E-state index in [1.807, 2.05) is 13.0 Å². The highest BCUT2D eigenvalue weighted by Gasteiger charge is 2.28. The highest BCUT2D eigenvalue weighted by molar-refractivity contribution is 7.89. The van der Waals surface area contributed by atoms with Gasteiger partial charge < -0.3 is 10.1 Å². The van der Waals surface area contributed by atoms with Crippen molar-refractivity contribution in [1.82, 2.24) is 14.1 Å². The fraction of sp³-hybridized carbons (Fsp3) is 0.458. The van der Waals surface area contributed by atoms with Crippen LogP contribution in [0.3, 0.4) is 0 Å². The molecule has 2 aliphatic heterocycles. The number of piperazine rings is 1. The number of rotatable bonds is 7. The number of hydrogen-bond acceptors (Lipinski definition) is 6. The first kappa shape index (κ1) is 23.8. The number of morpholine rings is 1. The van der Waals surface area contributed by atoms with Gasteiger partial charge in [-0.15, -0.1) is 0 Å². The SMILES string of the molecule is C[C@@H](C(=O)Nc1cccc(S(=O)(=O)N2CCOCC2)c1)N1CCN(Cc2ccccc2)CC1. The summed E-state index contributed by atoms with van der Waals surface area (Å²) in [7, 11) is -3.61. The predicted molar refractivity (Wildman–Crippen MR) is 127 cm³/mol. The van der Waals surface area contributed by atoms with Crippen LogP contribution in [0, 0.1) is 0 Å². The van der Waals surface area contributed by atoms with E-state index in [1.54, 1.807) is 18.2 Å². The van der Waals surface area contributed by atoms with E-state index in [0.717, 1.165) is 32.7 Å². The normalized spacial score (nSPS) is 19.8. The molecular weight excluding hydrogens is 440 g/mol. The molecule has 0 radical (unpaired) electrons. The second-order valence-corrected chi connectivity index (χ2v) is 10.4. The first-order valence-electron chi connectivity index (χ1n) is 11.4. The minimum absolute atomic E-state index is 0.132. The molecule has 2 aliphatic rings. The monoisotopic (exact) mass is 472 g/mol.